The zero-order valence-corrected chi connectivity index (χ0v) is 11.3. The fraction of sp³-hybridized carbons (Fsp3) is 0.467. The van der Waals surface area contributed by atoms with Crippen LogP contribution in [0.2, 0.25) is 0 Å². The summed E-state index contributed by atoms with van der Waals surface area (Å²) in [5.74, 6) is -1.06. The highest BCUT2D eigenvalue weighted by molar-refractivity contribution is 5.98. The molecule has 0 aromatic heterocycles. The summed E-state index contributed by atoms with van der Waals surface area (Å²) in [5.41, 5.74) is 2.60. The van der Waals surface area contributed by atoms with E-state index in [1.807, 2.05) is 26.0 Å². The summed E-state index contributed by atoms with van der Waals surface area (Å²) in [6.45, 7) is 4.39. The standard InChI is InChI=1S/C15H19NO3/c1-10-6-5-7-12(11(10)2)14(17)16-9-4-3-8-13(16)15(18)19/h5-7,13H,3-4,8-9H2,1-2H3,(H,18,19). The third-order valence-electron chi connectivity index (χ3n) is 3.88. The molecule has 1 aromatic carbocycles. The molecule has 1 N–H and O–H groups in total. The third-order valence-corrected chi connectivity index (χ3v) is 3.88. The maximum Gasteiger partial charge on any atom is 0.326 e. The van der Waals surface area contributed by atoms with Crippen LogP contribution >= 0.6 is 0 Å². The quantitative estimate of drug-likeness (QED) is 0.889. The van der Waals surface area contributed by atoms with Gasteiger partial charge < -0.3 is 10.0 Å². The molecule has 0 aliphatic carbocycles. The van der Waals surface area contributed by atoms with Crippen molar-refractivity contribution in [1.82, 2.24) is 4.90 Å². The summed E-state index contributed by atoms with van der Waals surface area (Å²) >= 11 is 0. The molecule has 0 spiro atoms. The van der Waals surface area contributed by atoms with E-state index in [4.69, 9.17) is 0 Å². The normalized spacial score (nSPS) is 19.3. The van der Waals surface area contributed by atoms with Gasteiger partial charge in [0.2, 0.25) is 0 Å². The van der Waals surface area contributed by atoms with Crippen LogP contribution in [0.1, 0.15) is 40.7 Å². The summed E-state index contributed by atoms with van der Waals surface area (Å²) in [6, 6.07) is 4.89. The first-order chi connectivity index (χ1) is 9.02. The number of carbonyl (C=O) groups excluding carboxylic acids is 1. The van der Waals surface area contributed by atoms with Crippen LogP contribution in [-0.4, -0.2) is 34.5 Å². The molecular weight excluding hydrogens is 242 g/mol. The van der Waals surface area contributed by atoms with Crippen LogP contribution in [0.4, 0.5) is 0 Å². The van der Waals surface area contributed by atoms with E-state index in [9.17, 15) is 14.7 Å². The molecule has 0 bridgehead atoms. The number of piperidine rings is 1. The minimum Gasteiger partial charge on any atom is -0.480 e. The monoisotopic (exact) mass is 261 g/mol. The van der Waals surface area contributed by atoms with Crippen LogP contribution in [0, 0.1) is 13.8 Å². The highest BCUT2D eigenvalue weighted by atomic mass is 16.4. The number of benzene rings is 1. The van der Waals surface area contributed by atoms with E-state index in [1.165, 1.54) is 4.90 Å². The lowest BCUT2D eigenvalue weighted by Crippen LogP contribution is -2.48. The molecule has 1 saturated heterocycles. The van der Waals surface area contributed by atoms with Crippen LogP contribution < -0.4 is 0 Å². The number of carboxylic acids is 1. The number of amides is 1. The minimum atomic E-state index is -0.904. The summed E-state index contributed by atoms with van der Waals surface area (Å²) in [5, 5.41) is 9.23. The minimum absolute atomic E-state index is 0.159. The molecule has 1 fully saturated rings. The number of hydrogen-bond donors (Lipinski definition) is 1. The molecule has 1 amide bonds. The Morgan fingerprint density at radius 3 is 2.68 bits per heavy atom. The number of nitrogens with zero attached hydrogens (tertiary/aromatic N) is 1. The van der Waals surface area contributed by atoms with E-state index in [0.717, 1.165) is 24.0 Å². The second-order valence-corrected chi connectivity index (χ2v) is 5.10. The smallest absolute Gasteiger partial charge is 0.326 e. The van der Waals surface area contributed by atoms with E-state index in [-0.39, 0.29) is 5.91 Å². The maximum absolute atomic E-state index is 12.6. The maximum atomic E-state index is 12.6. The first-order valence-corrected chi connectivity index (χ1v) is 6.62. The van der Waals surface area contributed by atoms with Crippen molar-refractivity contribution in [3.8, 4) is 0 Å². The van der Waals surface area contributed by atoms with Crippen LogP contribution in [-0.2, 0) is 4.79 Å². The predicted molar refractivity (Wildman–Crippen MR) is 72.2 cm³/mol. The van der Waals surface area contributed by atoms with Gasteiger partial charge in [-0.25, -0.2) is 4.79 Å². The number of hydrogen-bond acceptors (Lipinski definition) is 2. The van der Waals surface area contributed by atoms with Crippen molar-refractivity contribution in [2.24, 2.45) is 0 Å². The molecule has 0 radical (unpaired) electrons. The molecule has 2 rings (SSSR count). The summed E-state index contributed by atoms with van der Waals surface area (Å²) in [6.07, 6.45) is 2.29. The highest BCUT2D eigenvalue weighted by Crippen LogP contribution is 2.22. The zero-order chi connectivity index (χ0) is 14.0. The molecule has 1 atom stereocenters. The topological polar surface area (TPSA) is 57.6 Å². The van der Waals surface area contributed by atoms with Gasteiger partial charge in [-0.1, -0.05) is 12.1 Å². The van der Waals surface area contributed by atoms with Gasteiger partial charge in [-0.05, 0) is 50.3 Å². The van der Waals surface area contributed by atoms with Crippen molar-refractivity contribution in [3.05, 3.63) is 34.9 Å². The predicted octanol–water partition coefficient (Wildman–Crippen LogP) is 2.38. The number of aliphatic carboxylic acids is 1. The second-order valence-electron chi connectivity index (χ2n) is 5.10. The van der Waals surface area contributed by atoms with Gasteiger partial charge in [0, 0.05) is 12.1 Å². The molecule has 1 aromatic rings. The fourth-order valence-corrected chi connectivity index (χ4v) is 2.57. The number of carbonyl (C=O) groups is 2. The van der Waals surface area contributed by atoms with Crippen molar-refractivity contribution in [2.45, 2.75) is 39.2 Å². The van der Waals surface area contributed by atoms with Crippen LogP contribution in [0.25, 0.3) is 0 Å². The highest BCUT2D eigenvalue weighted by Gasteiger charge is 2.32. The first kappa shape index (κ1) is 13.6. The Balaban J connectivity index is 2.31. The van der Waals surface area contributed by atoms with Gasteiger partial charge in [-0.15, -0.1) is 0 Å². The molecule has 1 aliphatic rings. The lowest BCUT2D eigenvalue weighted by atomic mass is 9.98. The zero-order valence-electron chi connectivity index (χ0n) is 11.3. The Hall–Kier alpha value is -1.84. The number of aryl methyl sites for hydroxylation is 1. The van der Waals surface area contributed by atoms with Crippen molar-refractivity contribution in [1.29, 1.82) is 0 Å². The molecular formula is C15H19NO3. The molecule has 102 valence electrons. The van der Waals surface area contributed by atoms with E-state index in [0.29, 0.717) is 18.5 Å². The van der Waals surface area contributed by atoms with Gasteiger partial charge in [0.05, 0.1) is 0 Å². The van der Waals surface area contributed by atoms with Gasteiger partial charge >= 0.3 is 5.97 Å². The van der Waals surface area contributed by atoms with Gasteiger partial charge in [0.25, 0.3) is 5.91 Å². The molecule has 4 nitrogen and oxygen atoms in total. The average molecular weight is 261 g/mol. The largest absolute Gasteiger partial charge is 0.480 e. The van der Waals surface area contributed by atoms with Crippen molar-refractivity contribution < 1.29 is 14.7 Å². The first-order valence-electron chi connectivity index (χ1n) is 6.62. The van der Waals surface area contributed by atoms with Crippen molar-refractivity contribution in [3.63, 3.8) is 0 Å². The van der Waals surface area contributed by atoms with E-state index in [1.54, 1.807) is 6.07 Å². The Bertz CT molecular complexity index is 510. The molecule has 1 unspecified atom stereocenters. The van der Waals surface area contributed by atoms with Gasteiger partial charge in [-0.3, -0.25) is 4.79 Å². The molecule has 19 heavy (non-hydrogen) atoms. The molecule has 4 heteroatoms. The van der Waals surface area contributed by atoms with Gasteiger partial charge in [0.15, 0.2) is 0 Å². The Morgan fingerprint density at radius 1 is 1.26 bits per heavy atom. The third kappa shape index (κ3) is 2.62. The van der Waals surface area contributed by atoms with Crippen LogP contribution in [0.15, 0.2) is 18.2 Å². The SMILES string of the molecule is Cc1cccc(C(=O)N2CCCCC2C(=O)O)c1C. The second kappa shape index (κ2) is 5.43. The van der Waals surface area contributed by atoms with Crippen LogP contribution in [0.3, 0.4) is 0 Å². The summed E-state index contributed by atoms with van der Waals surface area (Å²) in [7, 11) is 0. The molecule has 1 aliphatic heterocycles. The average Bonchev–Trinajstić information content (AvgIpc) is 2.41. The van der Waals surface area contributed by atoms with Crippen molar-refractivity contribution in [2.75, 3.05) is 6.54 Å². The number of rotatable bonds is 2. The Kier molecular flexibility index (Phi) is 3.88. The van der Waals surface area contributed by atoms with Gasteiger partial charge in [-0.2, -0.15) is 0 Å². The summed E-state index contributed by atoms with van der Waals surface area (Å²) < 4.78 is 0. The lowest BCUT2D eigenvalue weighted by Gasteiger charge is -2.33. The lowest BCUT2D eigenvalue weighted by molar-refractivity contribution is -0.143. The van der Waals surface area contributed by atoms with E-state index >= 15 is 0 Å². The Labute approximate surface area is 113 Å². The number of carboxylic acid groups (broad SMARTS) is 1. The Morgan fingerprint density at radius 2 is 2.00 bits per heavy atom. The van der Waals surface area contributed by atoms with Gasteiger partial charge in [0.1, 0.15) is 6.04 Å². The number of likely N-dealkylation sites (tertiary alicyclic amines) is 1. The molecule has 1 heterocycles. The van der Waals surface area contributed by atoms with E-state index < -0.39 is 12.0 Å². The van der Waals surface area contributed by atoms with Crippen molar-refractivity contribution >= 4 is 11.9 Å². The van der Waals surface area contributed by atoms with E-state index in [2.05, 4.69) is 0 Å². The summed E-state index contributed by atoms with van der Waals surface area (Å²) in [4.78, 5) is 25.3. The molecule has 0 saturated carbocycles. The fourth-order valence-electron chi connectivity index (χ4n) is 2.57. The van der Waals surface area contributed by atoms with Crippen LogP contribution in [0.5, 0.6) is 0 Å².